The predicted octanol–water partition coefficient (Wildman–Crippen LogP) is 0.567. The van der Waals surface area contributed by atoms with Gasteiger partial charge >= 0.3 is 5.97 Å². The van der Waals surface area contributed by atoms with Crippen LogP contribution in [0.15, 0.2) is 0 Å². The van der Waals surface area contributed by atoms with Gasteiger partial charge in [-0.15, -0.1) is 0 Å². The van der Waals surface area contributed by atoms with Crippen LogP contribution in [0, 0.1) is 5.92 Å². The van der Waals surface area contributed by atoms with Crippen LogP contribution in [0.25, 0.3) is 0 Å². The molecule has 6 heteroatoms. The highest BCUT2D eigenvalue weighted by Gasteiger charge is 2.48. The molecule has 0 aromatic heterocycles. The molecule has 86 valence electrons. The minimum Gasteiger partial charge on any atom is -0.460 e. The third-order valence-corrected chi connectivity index (χ3v) is 2.66. The first-order valence-electron chi connectivity index (χ1n) is 5.08. The van der Waals surface area contributed by atoms with Gasteiger partial charge in [0.2, 0.25) is 6.43 Å². The van der Waals surface area contributed by atoms with E-state index in [4.69, 9.17) is 9.47 Å². The summed E-state index contributed by atoms with van der Waals surface area (Å²) in [5, 5.41) is 0. The van der Waals surface area contributed by atoms with E-state index in [-0.39, 0.29) is 0 Å². The molecule has 0 bridgehead atoms. The van der Waals surface area contributed by atoms with Crippen LogP contribution in [0.3, 0.4) is 0 Å². The number of rotatable bonds is 3. The SMILES string of the molecule is B[C@@H]1O[C@H](CC)[C@@H](C(F)F)[C@H]1OC(C)=O. The molecule has 0 unspecified atom stereocenters. The van der Waals surface area contributed by atoms with Crippen LogP contribution in [0.1, 0.15) is 20.3 Å². The molecule has 4 atom stereocenters. The average Bonchev–Trinajstić information content (AvgIpc) is 2.42. The van der Waals surface area contributed by atoms with E-state index in [2.05, 4.69) is 0 Å². The summed E-state index contributed by atoms with van der Waals surface area (Å²) in [5.41, 5.74) is 0. The zero-order valence-electron chi connectivity index (χ0n) is 9.07. The number of ether oxygens (including phenoxy) is 2. The van der Waals surface area contributed by atoms with E-state index in [0.717, 1.165) is 0 Å². The summed E-state index contributed by atoms with van der Waals surface area (Å²) in [7, 11) is 1.65. The summed E-state index contributed by atoms with van der Waals surface area (Å²) in [6.45, 7) is 3.00. The Bertz CT molecular complexity index is 237. The molecule has 0 aromatic carbocycles. The molecule has 1 aliphatic rings. The van der Waals surface area contributed by atoms with E-state index in [1.807, 2.05) is 0 Å². The van der Waals surface area contributed by atoms with Crippen LogP contribution in [-0.2, 0) is 14.3 Å². The zero-order valence-corrected chi connectivity index (χ0v) is 9.07. The first kappa shape index (κ1) is 12.4. The lowest BCUT2D eigenvalue weighted by Crippen LogP contribution is -2.36. The quantitative estimate of drug-likeness (QED) is 0.515. The second-order valence-corrected chi connectivity index (χ2v) is 3.77. The summed E-state index contributed by atoms with van der Waals surface area (Å²) < 4.78 is 35.8. The molecule has 1 aliphatic heterocycles. The monoisotopic (exact) mass is 220 g/mol. The van der Waals surface area contributed by atoms with Crippen LogP contribution in [-0.4, -0.2) is 38.5 Å². The summed E-state index contributed by atoms with van der Waals surface area (Å²) in [6.07, 6.45) is -3.38. The Morgan fingerprint density at radius 1 is 1.60 bits per heavy atom. The maximum Gasteiger partial charge on any atom is 0.302 e. The molecule has 1 rings (SSSR count). The molecular weight excluding hydrogens is 205 g/mol. The first-order chi connectivity index (χ1) is 6.97. The van der Waals surface area contributed by atoms with Gasteiger partial charge in [-0.3, -0.25) is 4.79 Å². The van der Waals surface area contributed by atoms with Crippen molar-refractivity contribution in [2.75, 3.05) is 0 Å². The van der Waals surface area contributed by atoms with Crippen LogP contribution in [0.5, 0.6) is 0 Å². The predicted molar refractivity (Wildman–Crippen MR) is 52.5 cm³/mol. The van der Waals surface area contributed by atoms with Crippen LogP contribution in [0.2, 0.25) is 0 Å². The fraction of sp³-hybridized carbons (Fsp3) is 0.889. The summed E-state index contributed by atoms with van der Waals surface area (Å²) in [6, 6.07) is -0.460. The minimum atomic E-state index is -2.52. The highest BCUT2D eigenvalue weighted by molar-refractivity contribution is 6.11. The fourth-order valence-electron chi connectivity index (χ4n) is 2.01. The van der Waals surface area contributed by atoms with Crippen LogP contribution < -0.4 is 0 Å². The molecule has 0 amide bonds. The van der Waals surface area contributed by atoms with Crippen LogP contribution >= 0.6 is 0 Å². The Morgan fingerprint density at radius 2 is 2.20 bits per heavy atom. The number of esters is 1. The Labute approximate surface area is 88.5 Å². The van der Waals surface area contributed by atoms with E-state index < -0.39 is 36.5 Å². The Balaban J connectivity index is 2.77. The van der Waals surface area contributed by atoms with Gasteiger partial charge < -0.3 is 9.47 Å². The van der Waals surface area contributed by atoms with Crippen molar-refractivity contribution >= 4 is 13.8 Å². The van der Waals surface area contributed by atoms with Crippen molar-refractivity contribution in [3.63, 3.8) is 0 Å². The number of carbonyl (C=O) groups excluding carboxylic acids is 1. The standard InChI is InChI=1S/C9H15BF2O3/c1-3-5-6(9(11)12)7(8(10)15-5)14-4(2)13/h5-9H,3,10H2,1-2H3/t5-,6-,7-,8-/m1/s1. The van der Waals surface area contributed by atoms with Gasteiger partial charge in [0, 0.05) is 6.92 Å². The maximum atomic E-state index is 12.8. The lowest BCUT2D eigenvalue weighted by Gasteiger charge is -2.21. The van der Waals surface area contributed by atoms with Gasteiger partial charge in [0.15, 0.2) is 0 Å². The van der Waals surface area contributed by atoms with Gasteiger partial charge in [-0.05, 0) is 6.42 Å². The normalized spacial score (nSPS) is 35.8. The fourth-order valence-corrected chi connectivity index (χ4v) is 2.01. The molecule has 15 heavy (non-hydrogen) atoms. The molecule has 1 heterocycles. The molecular formula is C9H15BF2O3. The lowest BCUT2D eigenvalue weighted by atomic mass is 9.87. The number of hydrogen-bond donors (Lipinski definition) is 0. The highest BCUT2D eigenvalue weighted by Crippen LogP contribution is 2.34. The molecule has 1 fully saturated rings. The Kier molecular flexibility index (Phi) is 4.08. The molecule has 3 nitrogen and oxygen atoms in total. The van der Waals surface area contributed by atoms with Crippen molar-refractivity contribution in [1.29, 1.82) is 0 Å². The maximum absolute atomic E-state index is 12.8. The largest absolute Gasteiger partial charge is 0.460 e. The van der Waals surface area contributed by atoms with Crippen molar-refractivity contribution in [1.82, 2.24) is 0 Å². The van der Waals surface area contributed by atoms with E-state index in [9.17, 15) is 13.6 Å². The van der Waals surface area contributed by atoms with Gasteiger partial charge in [-0.2, -0.15) is 0 Å². The first-order valence-corrected chi connectivity index (χ1v) is 5.08. The van der Waals surface area contributed by atoms with Crippen LogP contribution in [0.4, 0.5) is 8.78 Å². The van der Waals surface area contributed by atoms with Crippen molar-refractivity contribution in [2.45, 2.75) is 44.9 Å². The molecule has 0 radical (unpaired) electrons. The number of halogens is 2. The van der Waals surface area contributed by atoms with Gasteiger partial charge in [-0.1, -0.05) is 6.92 Å². The number of alkyl halides is 2. The van der Waals surface area contributed by atoms with Gasteiger partial charge in [0.1, 0.15) is 14.0 Å². The summed E-state index contributed by atoms with van der Waals surface area (Å²) in [4.78, 5) is 10.8. The molecule has 0 saturated carbocycles. The van der Waals surface area contributed by atoms with E-state index in [1.165, 1.54) is 6.92 Å². The third-order valence-electron chi connectivity index (χ3n) is 2.66. The van der Waals surface area contributed by atoms with E-state index >= 15 is 0 Å². The van der Waals surface area contributed by atoms with Gasteiger partial charge in [0.05, 0.1) is 18.0 Å². The zero-order chi connectivity index (χ0) is 11.6. The Hall–Kier alpha value is -0.645. The second-order valence-electron chi connectivity index (χ2n) is 3.77. The molecule has 0 aliphatic carbocycles. The van der Waals surface area contributed by atoms with E-state index in [0.29, 0.717) is 6.42 Å². The van der Waals surface area contributed by atoms with E-state index in [1.54, 1.807) is 14.8 Å². The number of carbonyl (C=O) groups is 1. The average molecular weight is 220 g/mol. The van der Waals surface area contributed by atoms with Gasteiger partial charge in [-0.25, -0.2) is 8.78 Å². The smallest absolute Gasteiger partial charge is 0.302 e. The molecule has 0 spiro atoms. The summed E-state index contributed by atoms with van der Waals surface area (Å²) in [5.74, 6) is -1.55. The Morgan fingerprint density at radius 3 is 2.60 bits per heavy atom. The minimum absolute atomic E-state index is 0.460. The van der Waals surface area contributed by atoms with Crippen molar-refractivity contribution in [2.24, 2.45) is 5.92 Å². The molecule has 0 N–H and O–H groups in total. The molecule has 1 saturated heterocycles. The topological polar surface area (TPSA) is 35.5 Å². The third kappa shape index (κ3) is 2.68. The van der Waals surface area contributed by atoms with Gasteiger partial charge in [0.25, 0.3) is 0 Å². The highest BCUT2D eigenvalue weighted by atomic mass is 19.3. The van der Waals surface area contributed by atoms with Crippen molar-refractivity contribution in [3.05, 3.63) is 0 Å². The lowest BCUT2D eigenvalue weighted by molar-refractivity contribution is -0.151. The molecule has 0 aromatic rings. The van der Waals surface area contributed by atoms with Crippen molar-refractivity contribution < 1.29 is 23.0 Å². The number of hydrogen-bond acceptors (Lipinski definition) is 3. The van der Waals surface area contributed by atoms with Crippen molar-refractivity contribution in [3.8, 4) is 0 Å². The summed E-state index contributed by atoms with van der Waals surface area (Å²) >= 11 is 0. The second kappa shape index (κ2) is 4.92.